The number of hydrazone groups is 1. The van der Waals surface area contributed by atoms with Crippen molar-refractivity contribution in [3.05, 3.63) is 46.5 Å². The highest BCUT2D eigenvalue weighted by Gasteiger charge is 2.36. The molecule has 0 fully saturated rings. The summed E-state index contributed by atoms with van der Waals surface area (Å²) in [7, 11) is 3.10. The Hall–Kier alpha value is -2.45. The molecule has 0 aromatic carbocycles. The highest BCUT2D eigenvalue weighted by molar-refractivity contribution is 7.10. The van der Waals surface area contributed by atoms with Gasteiger partial charge in [0.05, 0.1) is 26.0 Å². The van der Waals surface area contributed by atoms with Crippen LogP contribution in [0, 0.1) is 0 Å². The van der Waals surface area contributed by atoms with Gasteiger partial charge in [-0.25, -0.2) is 5.01 Å². The lowest BCUT2D eigenvalue weighted by Gasteiger charge is -2.27. The molecule has 0 spiro atoms. The van der Waals surface area contributed by atoms with Gasteiger partial charge in [-0.1, -0.05) is 13.0 Å². The van der Waals surface area contributed by atoms with Gasteiger partial charge in [-0.3, -0.25) is 14.5 Å². The highest BCUT2D eigenvalue weighted by atomic mass is 32.1. The molecule has 2 atom stereocenters. The Morgan fingerprint density at radius 2 is 2.26 bits per heavy atom. The van der Waals surface area contributed by atoms with E-state index in [4.69, 9.17) is 9.15 Å². The standard InChI is InChI=1S/C19H23N3O4S/c1-4-14(19(24)25-3)21(2)12-18(23)22-15(17-8-6-10-27-17)11-13(20-22)16-7-5-9-26-16/h5-10,14-15H,4,11-12H2,1-3H3/t14-,15+/m1/s1. The summed E-state index contributed by atoms with van der Waals surface area (Å²) in [5, 5.41) is 8.05. The summed E-state index contributed by atoms with van der Waals surface area (Å²) in [6.07, 6.45) is 2.75. The van der Waals surface area contributed by atoms with E-state index in [2.05, 4.69) is 5.10 Å². The third-order valence-corrected chi connectivity index (χ3v) is 5.59. The maximum absolute atomic E-state index is 13.0. The number of carbonyl (C=O) groups is 2. The number of esters is 1. The predicted octanol–water partition coefficient (Wildman–Crippen LogP) is 2.90. The monoisotopic (exact) mass is 389 g/mol. The molecule has 8 heteroatoms. The van der Waals surface area contributed by atoms with E-state index < -0.39 is 6.04 Å². The van der Waals surface area contributed by atoms with Crippen molar-refractivity contribution in [2.24, 2.45) is 5.10 Å². The second-order valence-corrected chi connectivity index (χ2v) is 7.34. The van der Waals surface area contributed by atoms with Crippen molar-refractivity contribution in [2.45, 2.75) is 31.8 Å². The van der Waals surface area contributed by atoms with E-state index in [1.54, 1.807) is 35.6 Å². The maximum Gasteiger partial charge on any atom is 0.323 e. The van der Waals surface area contributed by atoms with Gasteiger partial charge < -0.3 is 9.15 Å². The molecule has 0 N–H and O–H groups in total. The van der Waals surface area contributed by atoms with Crippen molar-refractivity contribution in [1.82, 2.24) is 9.91 Å². The van der Waals surface area contributed by atoms with Crippen LogP contribution in [0.3, 0.4) is 0 Å². The first-order chi connectivity index (χ1) is 13.0. The molecule has 1 aliphatic heterocycles. The Kier molecular flexibility index (Phi) is 6.08. The predicted molar refractivity (Wildman–Crippen MR) is 102 cm³/mol. The Bertz CT molecular complexity index is 801. The molecule has 0 bridgehead atoms. The third-order valence-electron chi connectivity index (χ3n) is 4.62. The molecule has 0 aliphatic carbocycles. The topological polar surface area (TPSA) is 75.3 Å². The molecule has 0 saturated heterocycles. The maximum atomic E-state index is 13.0. The molecular formula is C19H23N3O4S. The van der Waals surface area contributed by atoms with E-state index in [1.807, 2.05) is 30.5 Å². The minimum absolute atomic E-state index is 0.0738. The van der Waals surface area contributed by atoms with E-state index in [9.17, 15) is 9.59 Å². The van der Waals surface area contributed by atoms with Crippen molar-refractivity contribution in [1.29, 1.82) is 0 Å². The number of ether oxygens (including phenoxy) is 1. The van der Waals surface area contributed by atoms with Gasteiger partial charge >= 0.3 is 5.97 Å². The smallest absolute Gasteiger partial charge is 0.323 e. The van der Waals surface area contributed by atoms with Gasteiger partial charge in [-0.2, -0.15) is 5.10 Å². The largest absolute Gasteiger partial charge is 0.468 e. The zero-order valence-electron chi connectivity index (χ0n) is 15.6. The van der Waals surface area contributed by atoms with Crippen LogP contribution < -0.4 is 0 Å². The normalized spacial score (nSPS) is 17.9. The molecular weight excluding hydrogens is 366 g/mol. The summed E-state index contributed by atoms with van der Waals surface area (Å²) in [6.45, 7) is 1.96. The van der Waals surface area contributed by atoms with Crippen molar-refractivity contribution < 1.29 is 18.7 Å². The van der Waals surface area contributed by atoms with Gasteiger partial charge in [0.1, 0.15) is 17.5 Å². The minimum Gasteiger partial charge on any atom is -0.468 e. The van der Waals surface area contributed by atoms with Crippen LogP contribution in [0.1, 0.15) is 36.4 Å². The molecule has 27 heavy (non-hydrogen) atoms. The second-order valence-electron chi connectivity index (χ2n) is 6.36. The number of thiophene rings is 1. The molecule has 0 saturated carbocycles. The Balaban J connectivity index is 1.80. The van der Waals surface area contributed by atoms with Crippen LogP contribution in [0.2, 0.25) is 0 Å². The van der Waals surface area contributed by atoms with Crippen molar-refractivity contribution in [3.63, 3.8) is 0 Å². The van der Waals surface area contributed by atoms with Gasteiger partial charge in [-0.05, 0) is 37.0 Å². The molecule has 2 aromatic rings. The number of methoxy groups -OCH3 is 1. The SMILES string of the molecule is CC[C@H](C(=O)OC)N(C)CC(=O)N1N=C(c2ccco2)C[C@H]1c1cccs1. The Morgan fingerprint density at radius 3 is 2.85 bits per heavy atom. The van der Waals surface area contributed by atoms with Crippen LogP contribution in [0.15, 0.2) is 45.4 Å². The zero-order valence-corrected chi connectivity index (χ0v) is 16.4. The van der Waals surface area contributed by atoms with Crippen LogP contribution in [-0.4, -0.2) is 54.2 Å². The van der Waals surface area contributed by atoms with Crippen molar-refractivity contribution >= 4 is 28.9 Å². The fraction of sp³-hybridized carbons (Fsp3) is 0.421. The van der Waals surface area contributed by atoms with Crippen LogP contribution in [0.5, 0.6) is 0 Å². The number of rotatable bonds is 7. The molecule has 7 nitrogen and oxygen atoms in total. The number of nitrogens with zero attached hydrogens (tertiary/aromatic N) is 3. The van der Waals surface area contributed by atoms with Gasteiger partial charge in [0.2, 0.25) is 0 Å². The molecule has 2 aromatic heterocycles. The first-order valence-corrected chi connectivity index (χ1v) is 9.68. The number of amides is 1. The van der Waals surface area contributed by atoms with E-state index in [0.29, 0.717) is 18.6 Å². The lowest BCUT2D eigenvalue weighted by Crippen LogP contribution is -2.44. The number of furan rings is 1. The zero-order chi connectivity index (χ0) is 19.4. The summed E-state index contributed by atoms with van der Waals surface area (Å²) in [6, 6.07) is 6.99. The molecule has 0 radical (unpaired) electrons. The van der Waals surface area contributed by atoms with Crippen LogP contribution in [0.25, 0.3) is 0 Å². The first-order valence-electron chi connectivity index (χ1n) is 8.80. The third kappa shape index (κ3) is 4.12. The van der Waals surface area contributed by atoms with E-state index in [-0.39, 0.29) is 24.5 Å². The average Bonchev–Trinajstić information content (AvgIpc) is 3.41. The summed E-state index contributed by atoms with van der Waals surface area (Å²) in [4.78, 5) is 27.7. The molecule has 1 amide bonds. The van der Waals surface area contributed by atoms with Crippen LogP contribution in [-0.2, 0) is 14.3 Å². The van der Waals surface area contributed by atoms with Crippen LogP contribution in [0.4, 0.5) is 0 Å². The highest BCUT2D eigenvalue weighted by Crippen LogP contribution is 2.35. The van der Waals surface area contributed by atoms with Crippen molar-refractivity contribution in [2.75, 3.05) is 20.7 Å². The number of carbonyl (C=O) groups excluding carboxylic acids is 2. The Morgan fingerprint density at radius 1 is 1.44 bits per heavy atom. The van der Waals surface area contributed by atoms with Crippen molar-refractivity contribution in [3.8, 4) is 0 Å². The minimum atomic E-state index is -0.463. The lowest BCUT2D eigenvalue weighted by atomic mass is 10.1. The molecule has 144 valence electrons. The molecule has 3 heterocycles. The second kappa shape index (κ2) is 8.49. The van der Waals surface area contributed by atoms with Crippen LogP contribution >= 0.6 is 11.3 Å². The lowest BCUT2D eigenvalue weighted by molar-refractivity contribution is -0.147. The molecule has 0 unspecified atom stereocenters. The van der Waals surface area contributed by atoms with Gasteiger partial charge in [0.25, 0.3) is 5.91 Å². The summed E-state index contributed by atoms with van der Waals surface area (Å²) in [5.41, 5.74) is 0.745. The fourth-order valence-electron chi connectivity index (χ4n) is 3.22. The quantitative estimate of drug-likeness (QED) is 0.681. The molecule has 3 rings (SSSR count). The van der Waals surface area contributed by atoms with Gasteiger partial charge in [-0.15, -0.1) is 11.3 Å². The average molecular weight is 389 g/mol. The summed E-state index contributed by atoms with van der Waals surface area (Å²) < 4.78 is 10.3. The van der Waals surface area contributed by atoms with E-state index >= 15 is 0 Å². The van der Waals surface area contributed by atoms with Gasteiger partial charge in [0, 0.05) is 11.3 Å². The Labute approximate surface area is 162 Å². The van der Waals surface area contributed by atoms with E-state index in [0.717, 1.165) is 10.6 Å². The molecule has 1 aliphatic rings. The number of hydrogen-bond donors (Lipinski definition) is 0. The van der Waals surface area contributed by atoms with Gasteiger partial charge in [0.15, 0.2) is 0 Å². The first kappa shape index (κ1) is 19.3. The van der Waals surface area contributed by atoms with E-state index in [1.165, 1.54) is 12.1 Å². The summed E-state index contributed by atoms with van der Waals surface area (Å²) in [5.74, 6) is 0.157. The number of hydrogen-bond acceptors (Lipinski definition) is 7. The fourth-order valence-corrected chi connectivity index (χ4v) is 4.04. The number of likely N-dealkylation sites (N-methyl/N-ethyl adjacent to an activating group) is 1. The summed E-state index contributed by atoms with van der Waals surface area (Å²) >= 11 is 1.59.